The van der Waals surface area contributed by atoms with Crippen molar-refractivity contribution < 1.29 is 24.5 Å². The molecular weight excluding hydrogens is 268 g/mol. The highest BCUT2D eigenvalue weighted by Gasteiger charge is 2.17. The van der Waals surface area contributed by atoms with Crippen molar-refractivity contribution in [2.75, 3.05) is 13.4 Å². The monoisotopic (exact) mass is 284 g/mol. The first kappa shape index (κ1) is 15.5. The molecule has 19 heavy (non-hydrogen) atoms. The summed E-state index contributed by atoms with van der Waals surface area (Å²) in [6, 6.07) is 5.10. The van der Waals surface area contributed by atoms with Gasteiger partial charge in [-0.2, -0.15) is 0 Å². The number of esters is 1. The van der Waals surface area contributed by atoms with Crippen LogP contribution in [-0.4, -0.2) is 35.5 Å². The van der Waals surface area contributed by atoms with E-state index in [1.807, 2.05) is 12.3 Å². The van der Waals surface area contributed by atoms with Crippen molar-refractivity contribution in [3.05, 3.63) is 29.3 Å². The van der Waals surface area contributed by atoms with Crippen molar-refractivity contribution in [1.82, 2.24) is 0 Å². The second-order valence-electron chi connectivity index (χ2n) is 3.93. The number of rotatable bonds is 6. The van der Waals surface area contributed by atoms with E-state index in [4.69, 9.17) is 5.11 Å². The number of ether oxygens (including phenoxy) is 1. The fourth-order valence-electron chi connectivity index (χ4n) is 1.60. The van der Waals surface area contributed by atoms with Gasteiger partial charge in [0.15, 0.2) is 6.10 Å². The van der Waals surface area contributed by atoms with Gasteiger partial charge in [0.2, 0.25) is 0 Å². The number of benzene rings is 1. The van der Waals surface area contributed by atoms with Gasteiger partial charge in [-0.1, -0.05) is 6.07 Å². The predicted octanol–water partition coefficient (Wildman–Crippen LogP) is 1.63. The minimum atomic E-state index is -1.55. The Balaban J connectivity index is 2.95. The van der Waals surface area contributed by atoms with Crippen LogP contribution in [-0.2, 0) is 20.7 Å². The van der Waals surface area contributed by atoms with Gasteiger partial charge in [-0.05, 0) is 35.9 Å². The van der Waals surface area contributed by atoms with E-state index in [-0.39, 0.29) is 12.4 Å². The molecule has 0 aliphatic heterocycles. The number of carbonyl (C=O) groups is 2. The predicted molar refractivity (Wildman–Crippen MR) is 71.2 cm³/mol. The number of thioether (sulfide) groups is 1. The van der Waals surface area contributed by atoms with Crippen LogP contribution in [0.3, 0.4) is 0 Å². The van der Waals surface area contributed by atoms with Crippen molar-refractivity contribution in [3.63, 3.8) is 0 Å². The van der Waals surface area contributed by atoms with E-state index in [9.17, 15) is 14.7 Å². The molecule has 104 valence electrons. The molecule has 0 saturated heterocycles. The average Bonchev–Trinajstić information content (AvgIpc) is 2.43. The Morgan fingerprint density at radius 3 is 2.58 bits per heavy atom. The molecular formula is C13H16O5S. The Labute approximate surface area is 115 Å². The zero-order valence-electron chi connectivity index (χ0n) is 10.8. The molecule has 0 radical (unpaired) electrons. The van der Waals surface area contributed by atoms with Crippen molar-refractivity contribution in [1.29, 1.82) is 0 Å². The van der Waals surface area contributed by atoms with Crippen LogP contribution in [0.4, 0.5) is 0 Å². The summed E-state index contributed by atoms with van der Waals surface area (Å²) in [5.41, 5.74) is 1.12. The smallest absolute Gasteiger partial charge is 0.337 e. The van der Waals surface area contributed by atoms with Crippen LogP contribution in [0, 0.1) is 0 Å². The first-order valence-corrected chi connectivity index (χ1v) is 6.86. The molecule has 1 aromatic carbocycles. The number of carboxylic acid groups (broad SMARTS) is 1. The minimum absolute atomic E-state index is 0.219. The number of aliphatic hydroxyl groups excluding tert-OH is 1. The zero-order chi connectivity index (χ0) is 14.4. The number of carboxylic acids is 1. The molecule has 1 aromatic rings. The number of carbonyl (C=O) groups excluding carboxylic acids is 1. The standard InChI is InChI=1S/C13H16O5S/c1-18-11(14)4-3-8-5-9(12(15)13(16)17)7-10(6-8)19-2/h5-7,12,15H,3-4H2,1-2H3,(H,16,17). The molecule has 0 amide bonds. The summed E-state index contributed by atoms with van der Waals surface area (Å²) in [5.74, 6) is -1.62. The lowest BCUT2D eigenvalue weighted by atomic mass is 10.0. The number of hydrogen-bond donors (Lipinski definition) is 2. The maximum atomic E-state index is 11.1. The van der Waals surface area contributed by atoms with E-state index in [0.717, 1.165) is 10.5 Å². The fourth-order valence-corrected chi connectivity index (χ4v) is 2.12. The molecule has 0 aliphatic carbocycles. The quantitative estimate of drug-likeness (QED) is 0.610. The molecule has 1 rings (SSSR count). The van der Waals surface area contributed by atoms with Gasteiger partial charge < -0.3 is 14.9 Å². The van der Waals surface area contributed by atoms with Crippen LogP contribution in [0.5, 0.6) is 0 Å². The van der Waals surface area contributed by atoms with Gasteiger partial charge in [0.25, 0.3) is 0 Å². The first-order valence-electron chi connectivity index (χ1n) is 5.63. The first-order chi connectivity index (χ1) is 8.97. The van der Waals surface area contributed by atoms with Gasteiger partial charge in [-0.25, -0.2) is 4.79 Å². The molecule has 2 N–H and O–H groups in total. The van der Waals surface area contributed by atoms with Gasteiger partial charge in [0.05, 0.1) is 7.11 Å². The van der Waals surface area contributed by atoms with Gasteiger partial charge in [-0.3, -0.25) is 4.79 Å². The SMILES string of the molecule is COC(=O)CCc1cc(SC)cc(C(O)C(=O)O)c1. The van der Waals surface area contributed by atoms with Crippen LogP contribution in [0.1, 0.15) is 23.7 Å². The lowest BCUT2D eigenvalue weighted by Gasteiger charge is -2.10. The zero-order valence-corrected chi connectivity index (χ0v) is 11.6. The second-order valence-corrected chi connectivity index (χ2v) is 4.81. The third kappa shape index (κ3) is 4.57. The highest BCUT2D eigenvalue weighted by Crippen LogP contribution is 2.24. The Bertz CT molecular complexity index is 472. The molecule has 0 aliphatic rings. The van der Waals surface area contributed by atoms with Crippen molar-refractivity contribution in [2.45, 2.75) is 23.8 Å². The van der Waals surface area contributed by atoms with Crippen LogP contribution in [0.15, 0.2) is 23.1 Å². The molecule has 1 unspecified atom stereocenters. The normalized spacial score (nSPS) is 11.9. The van der Waals surface area contributed by atoms with Crippen LogP contribution in [0.25, 0.3) is 0 Å². The van der Waals surface area contributed by atoms with Gasteiger partial charge in [0.1, 0.15) is 0 Å². The molecule has 0 saturated carbocycles. The largest absolute Gasteiger partial charge is 0.479 e. The van der Waals surface area contributed by atoms with E-state index in [0.29, 0.717) is 12.0 Å². The third-order valence-corrected chi connectivity index (χ3v) is 3.33. The molecule has 5 nitrogen and oxygen atoms in total. The molecule has 1 atom stereocenters. The molecule has 0 fully saturated rings. The average molecular weight is 284 g/mol. The summed E-state index contributed by atoms with van der Waals surface area (Å²) in [5, 5.41) is 18.4. The fraction of sp³-hybridized carbons (Fsp3) is 0.385. The number of aliphatic carboxylic acids is 1. The van der Waals surface area contributed by atoms with Crippen molar-refractivity contribution in [2.24, 2.45) is 0 Å². The van der Waals surface area contributed by atoms with Crippen molar-refractivity contribution >= 4 is 23.7 Å². The number of methoxy groups -OCH3 is 1. The Morgan fingerprint density at radius 2 is 2.05 bits per heavy atom. The van der Waals surface area contributed by atoms with E-state index < -0.39 is 12.1 Å². The highest BCUT2D eigenvalue weighted by molar-refractivity contribution is 7.98. The molecule has 0 spiro atoms. The molecule has 0 aromatic heterocycles. The van der Waals surface area contributed by atoms with E-state index in [1.165, 1.54) is 18.9 Å². The van der Waals surface area contributed by atoms with Crippen LogP contribution < -0.4 is 0 Å². The lowest BCUT2D eigenvalue weighted by molar-refractivity contribution is -0.147. The van der Waals surface area contributed by atoms with Crippen molar-refractivity contribution in [3.8, 4) is 0 Å². The van der Waals surface area contributed by atoms with Gasteiger partial charge in [0, 0.05) is 11.3 Å². The number of aliphatic hydroxyl groups is 1. The van der Waals surface area contributed by atoms with Gasteiger partial charge in [-0.15, -0.1) is 11.8 Å². The Morgan fingerprint density at radius 1 is 1.37 bits per heavy atom. The Hall–Kier alpha value is -1.53. The second kappa shape index (κ2) is 7.16. The summed E-state index contributed by atoms with van der Waals surface area (Å²) in [4.78, 5) is 22.7. The molecule has 0 heterocycles. The molecule has 6 heteroatoms. The number of hydrogen-bond acceptors (Lipinski definition) is 5. The minimum Gasteiger partial charge on any atom is -0.479 e. The lowest BCUT2D eigenvalue weighted by Crippen LogP contribution is -2.11. The number of aryl methyl sites for hydroxylation is 1. The summed E-state index contributed by atoms with van der Waals surface area (Å²) < 4.78 is 4.56. The van der Waals surface area contributed by atoms with Crippen LogP contribution >= 0.6 is 11.8 Å². The maximum Gasteiger partial charge on any atom is 0.337 e. The summed E-state index contributed by atoms with van der Waals surface area (Å²) in [6.07, 6.45) is 0.970. The van der Waals surface area contributed by atoms with E-state index in [1.54, 1.807) is 12.1 Å². The summed E-state index contributed by atoms with van der Waals surface area (Å²) >= 11 is 1.45. The van der Waals surface area contributed by atoms with Gasteiger partial charge >= 0.3 is 11.9 Å². The topological polar surface area (TPSA) is 83.8 Å². The third-order valence-electron chi connectivity index (χ3n) is 2.62. The molecule has 0 bridgehead atoms. The van der Waals surface area contributed by atoms with Crippen LogP contribution in [0.2, 0.25) is 0 Å². The van der Waals surface area contributed by atoms with E-state index in [2.05, 4.69) is 4.74 Å². The summed E-state index contributed by atoms with van der Waals surface area (Å²) in [6.45, 7) is 0. The maximum absolute atomic E-state index is 11.1. The summed E-state index contributed by atoms with van der Waals surface area (Å²) in [7, 11) is 1.32. The van der Waals surface area contributed by atoms with E-state index >= 15 is 0 Å². The Kier molecular flexibility index (Phi) is 5.85. The highest BCUT2D eigenvalue weighted by atomic mass is 32.2.